The van der Waals surface area contributed by atoms with E-state index >= 15 is 0 Å². The summed E-state index contributed by atoms with van der Waals surface area (Å²) in [7, 11) is 0. The van der Waals surface area contributed by atoms with Gasteiger partial charge in [-0.1, -0.05) is 84.5 Å². The maximum Gasteiger partial charge on any atom is 0.150 e. The average molecular weight is 340 g/mol. The fraction of sp³-hybridized carbons (Fsp3) is 0.917. The van der Waals surface area contributed by atoms with Crippen LogP contribution in [-0.4, -0.2) is 6.71 Å². The van der Waals surface area contributed by atoms with Gasteiger partial charge in [-0.15, -0.1) is 0 Å². The summed E-state index contributed by atoms with van der Waals surface area (Å²) < 4.78 is 0. The summed E-state index contributed by atoms with van der Waals surface area (Å²) in [5.41, 5.74) is 1.26. The molecule has 6 aliphatic rings. The van der Waals surface area contributed by atoms with Crippen LogP contribution < -0.4 is 0 Å². The minimum Gasteiger partial charge on any atom is -0.0960 e. The zero-order valence-corrected chi connectivity index (χ0v) is 17.9. The Kier molecular flexibility index (Phi) is 4.29. The molecule has 140 valence electrons. The Bertz CT molecular complexity index is 502. The van der Waals surface area contributed by atoms with Gasteiger partial charge in [0, 0.05) is 0 Å². The molecule has 6 saturated carbocycles. The molecule has 0 amide bonds. The summed E-state index contributed by atoms with van der Waals surface area (Å²) in [6, 6.07) is 0. The summed E-state index contributed by atoms with van der Waals surface area (Å²) in [6.07, 6.45) is 12.3. The third-order valence-corrected chi connectivity index (χ3v) is 10.6. The van der Waals surface area contributed by atoms with Crippen molar-refractivity contribution in [3.8, 4) is 0 Å². The fourth-order valence-electron chi connectivity index (χ4n) is 8.47. The molecule has 0 aromatic carbocycles. The predicted octanol–water partition coefficient (Wildman–Crippen LogP) is 7.20. The second kappa shape index (κ2) is 5.90. The van der Waals surface area contributed by atoms with E-state index in [1.807, 2.05) is 0 Å². The number of hydrogen-bond donors (Lipinski definition) is 0. The first kappa shape index (κ1) is 18.2. The predicted molar refractivity (Wildman–Crippen MR) is 111 cm³/mol. The lowest BCUT2D eigenvalue weighted by atomic mass is 9.20. The van der Waals surface area contributed by atoms with Crippen molar-refractivity contribution < 1.29 is 0 Å². The van der Waals surface area contributed by atoms with Gasteiger partial charge in [-0.05, 0) is 66.1 Å². The van der Waals surface area contributed by atoms with E-state index in [1.54, 1.807) is 0 Å². The Hall–Kier alpha value is -0.195. The lowest BCUT2D eigenvalue weighted by molar-refractivity contribution is -0.107. The van der Waals surface area contributed by atoms with E-state index in [0.717, 1.165) is 53.9 Å². The summed E-state index contributed by atoms with van der Waals surface area (Å²) in [6.45, 7) is 18.6. The molecule has 0 nitrogen and oxygen atoms in total. The zero-order chi connectivity index (χ0) is 18.1. The van der Waals surface area contributed by atoms with Crippen LogP contribution in [0.2, 0.25) is 18.0 Å². The van der Waals surface area contributed by atoms with Crippen LogP contribution >= 0.6 is 0 Å². The molecule has 6 aliphatic carbocycles. The molecule has 0 aliphatic heterocycles. The van der Waals surface area contributed by atoms with Gasteiger partial charge in [0.25, 0.3) is 0 Å². The Labute approximate surface area is 157 Å². The number of allylic oxidation sites excluding steroid dienone is 2. The molecule has 25 heavy (non-hydrogen) atoms. The number of fused-ring (bicyclic) bond motifs is 4. The van der Waals surface area contributed by atoms with Gasteiger partial charge in [-0.25, -0.2) is 0 Å². The molecule has 0 spiro atoms. The van der Waals surface area contributed by atoms with Crippen LogP contribution in [0.5, 0.6) is 0 Å². The van der Waals surface area contributed by atoms with Crippen LogP contribution in [0.25, 0.3) is 0 Å². The van der Waals surface area contributed by atoms with Gasteiger partial charge in [0.2, 0.25) is 0 Å². The molecule has 0 N–H and O–H groups in total. The van der Waals surface area contributed by atoms with Crippen molar-refractivity contribution in [2.45, 2.75) is 92.1 Å². The number of rotatable bonds is 4. The van der Waals surface area contributed by atoms with Crippen LogP contribution in [0.4, 0.5) is 0 Å². The molecule has 6 fully saturated rings. The standard InChI is InChI=1S/C24H41B/c1-8-9-10-25(21-13-17-11-19(15(21)2)23(17,4)5)22-14-18-12-20(16(22)3)24(18,6)7/h8-9,15-22H,10-14H2,1-7H3/b9-8+/t15-,16-,17-,18-,19-,20-,21+,22+/m0/s1. The molecule has 0 saturated heterocycles. The van der Waals surface area contributed by atoms with Crippen LogP contribution in [0.15, 0.2) is 12.2 Å². The van der Waals surface area contributed by atoms with Gasteiger partial charge in [0.05, 0.1) is 0 Å². The van der Waals surface area contributed by atoms with Gasteiger partial charge in [0.1, 0.15) is 0 Å². The minimum atomic E-state index is 0.628. The van der Waals surface area contributed by atoms with E-state index < -0.39 is 0 Å². The average Bonchev–Trinajstić information content (AvgIpc) is 2.56. The molecule has 6 rings (SSSR count). The first-order valence-electron chi connectivity index (χ1n) is 11.3. The third kappa shape index (κ3) is 2.46. The maximum absolute atomic E-state index is 2.62. The topological polar surface area (TPSA) is 0 Å². The highest BCUT2D eigenvalue weighted by molar-refractivity contribution is 6.62. The van der Waals surface area contributed by atoms with Gasteiger partial charge < -0.3 is 0 Å². The van der Waals surface area contributed by atoms with Crippen molar-refractivity contribution in [1.82, 2.24) is 0 Å². The van der Waals surface area contributed by atoms with Gasteiger partial charge in [0.15, 0.2) is 6.71 Å². The van der Waals surface area contributed by atoms with Crippen LogP contribution in [0.1, 0.15) is 74.1 Å². The fourth-order valence-corrected chi connectivity index (χ4v) is 8.47. The van der Waals surface area contributed by atoms with E-state index in [2.05, 4.69) is 60.6 Å². The number of hydrogen-bond acceptors (Lipinski definition) is 0. The molecule has 0 aromatic rings. The summed E-state index contributed by atoms with van der Waals surface area (Å²) >= 11 is 0. The first-order valence-corrected chi connectivity index (χ1v) is 11.3. The normalized spacial score (nSPS) is 49.4. The van der Waals surface area contributed by atoms with Crippen molar-refractivity contribution >= 4 is 6.71 Å². The van der Waals surface area contributed by atoms with E-state index in [4.69, 9.17) is 0 Å². The Morgan fingerprint density at radius 2 is 1.24 bits per heavy atom. The van der Waals surface area contributed by atoms with Gasteiger partial charge >= 0.3 is 0 Å². The second-order valence-corrected chi connectivity index (χ2v) is 11.7. The van der Waals surface area contributed by atoms with E-state index in [-0.39, 0.29) is 0 Å². The Balaban J connectivity index is 1.56. The van der Waals surface area contributed by atoms with Crippen molar-refractivity contribution in [3.05, 3.63) is 12.2 Å². The summed E-state index contributed by atoms with van der Waals surface area (Å²) in [5.74, 6) is 7.86. The molecule has 0 aromatic heterocycles. The molecule has 0 radical (unpaired) electrons. The van der Waals surface area contributed by atoms with Gasteiger partial charge in [-0.3, -0.25) is 0 Å². The SMILES string of the molecule is C/C=C/CB([C@@H]1C[C@@H]2C[C@@H]([C@@H]1C)C2(C)C)[C@@H]1C[C@@H]2C[C@@H]([C@@H]1C)C2(C)C. The van der Waals surface area contributed by atoms with Crippen LogP contribution in [0, 0.1) is 46.3 Å². The lowest BCUT2D eigenvalue weighted by Crippen LogP contribution is -2.59. The largest absolute Gasteiger partial charge is 0.150 e. The lowest BCUT2D eigenvalue weighted by Gasteiger charge is -2.66. The maximum atomic E-state index is 2.62. The second-order valence-electron chi connectivity index (χ2n) is 11.7. The molecular weight excluding hydrogens is 299 g/mol. The molecule has 4 bridgehead atoms. The smallest absolute Gasteiger partial charge is 0.0960 e. The van der Waals surface area contributed by atoms with Crippen molar-refractivity contribution in [2.24, 2.45) is 46.3 Å². The summed E-state index contributed by atoms with van der Waals surface area (Å²) in [5, 5.41) is 0. The minimum absolute atomic E-state index is 0.628. The van der Waals surface area contributed by atoms with Gasteiger partial charge in [-0.2, -0.15) is 0 Å². The zero-order valence-electron chi connectivity index (χ0n) is 17.9. The van der Waals surface area contributed by atoms with Crippen molar-refractivity contribution in [1.29, 1.82) is 0 Å². The third-order valence-electron chi connectivity index (χ3n) is 10.6. The molecular formula is C24H41B. The summed E-state index contributed by atoms with van der Waals surface area (Å²) in [4.78, 5) is 0. The van der Waals surface area contributed by atoms with Crippen molar-refractivity contribution in [2.75, 3.05) is 0 Å². The molecule has 1 heteroatoms. The molecule has 0 unspecified atom stereocenters. The first-order chi connectivity index (χ1) is 11.7. The van der Waals surface area contributed by atoms with Crippen molar-refractivity contribution in [3.63, 3.8) is 0 Å². The van der Waals surface area contributed by atoms with Crippen LogP contribution in [0.3, 0.4) is 0 Å². The molecule has 8 atom stereocenters. The monoisotopic (exact) mass is 340 g/mol. The van der Waals surface area contributed by atoms with E-state index in [0.29, 0.717) is 10.8 Å². The Morgan fingerprint density at radius 1 is 0.800 bits per heavy atom. The quantitative estimate of drug-likeness (QED) is 0.375. The van der Waals surface area contributed by atoms with E-state index in [9.17, 15) is 0 Å². The van der Waals surface area contributed by atoms with Crippen LogP contribution in [-0.2, 0) is 0 Å². The highest BCUT2D eigenvalue weighted by Crippen LogP contribution is 2.69. The molecule has 0 heterocycles. The Morgan fingerprint density at radius 3 is 1.56 bits per heavy atom. The van der Waals surface area contributed by atoms with E-state index in [1.165, 1.54) is 32.0 Å². The highest BCUT2D eigenvalue weighted by Gasteiger charge is 2.61. The highest BCUT2D eigenvalue weighted by atomic mass is 14.6.